The molecule has 2 heteroatoms. The first-order valence-corrected chi connectivity index (χ1v) is 4.22. The molecule has 1 nitrogen and oxygen atoms in total. The van der Waals surface area contributed by atoms with E-state index in [9.17, 15) is 4.39 Å². The highest BCUT2D eigenvalue weighted by molar-refractivity contribution is 5.48. The van der Waals surface area contributed by atoms with Crippen LogP contribution in [0.5, 0.6) is 5.75 Å². The Morgan fingerprint density at radius 3 is 2.62 bits per heavy atom. The SMILES string of the molecule is C=Cc1ccc(OC(C)C)c(F)c1. The van der Waals surface area contributed by atoms with E-state index < -0.39 is 0 Å². The lowest BCUT2D eigenvalue weighted by Gasteiger charge is -2.10. The van der Waals surface area contributed by atoms with Crippen molar-refractivity contribution in [1.82, 2.24) is 0 Å². The summed E-state index contributed by atoms with van der Waals surface area (Å²) in [7, 11) is 0. The van der Waals surface area contributed by atoms with E-state index in [0.29, 0.717) is 5.75 Å². The van der Waals surface area contributed by atoms with Crippen LogP contribution in [0.25, 0.3) is 6.08 Å². The van der Waals surface area contributed by atoms with Gasteiger partial charge in [-0.3, -0.25) is 0 Å². The van der Waals surface area contributed by atoms with E-state index in [1.54, 1.807) is 18.2 Å². The van der Waals surface area contributed by atoms with E-state index in [1.807, 2.05) is 13.8 Å². The van der Waals surface area contributed by atoms with Crippen molar-refractivity contribution in [3.8, 4) is 5.75 Å². The van der Waals surface area contributed by atoms with Crippen molar-refractivity contribution >= 4 is 6.08 Å². The van der Waals surface area contributed by atoms with Crippen molar-refractivity contribution in [3.63, 3.8) is 0 Å². The molecule has 0 fully saturated rings. The lowest BCUT2D eigenvalue weighted by atomic mass is 10.2. The Balaban J connectivity index is 2.91. The van der Waals surface area contributed by atoms with Gasteiger partial charge in [-0.2, -0.15) is 0 Å². The normalized spacial score (nSPS) is 10.2. The second kappa shape index (κ2) is 4.08. The zero-order chi connectivity index (χ0) is 9.84. The predicted octanol–water partition coefficient (Wildman–Crippen LogP) is 3.26. The summed E-state index contributed by atoms with van der Waals surface area (Å²) in [5.74, 6) is -0.0494. The lowest BCUT2D eigenvalue weighted by molar-refractivity contribution is 0.231. The molecule has 0 heterocycles. The molecule has 0 saturated heterocycles. The Hall–Kier alpha value is -1.31. The van der Waals surface area contributed by atoms with Gasteiger partial charge in [-0.25, -0.2) is 4.39 Å². The summed E-state index contributed by atoms with van der Waals surface area (Å²) in [5, 5.41) is 0. The highest BCUT2D eigenvalue weighted by atomic mass is 19.1. The quantitative estimate of drug-likeness (QED) is 0.693. The van der Waals surface area contributed by atoms with Gasteiger partial charge in [-0.1, -0.05) is 18.7 Å². The Morgan fingerprint density at radius 2 is 2.15 bits per heavy atom. The van der Waals surface area contributed by atoms with Crippen molar-refractivity contribution in [2.24, 2.45) is 0 Å². The molecule has 0 unspecified atom stereocenters. The van der Waals surface area contributed by atoms with Gasteiger partial charge in [-0.15, -0.1) is 0 Å². The Labute approximate surface area is 77.8 Å². The molecule has 0 bridgehead atoms. The molecule has 0 atom stereocenters. The average Bonchev–Trinajstić information content (AvgIpc) is 2.08. The smallest absolute Gasteiger partial charge is 0.165 e. The number of benzene rings is 1. The molecular formula is C11H13FO. The summed E-state index contributed by atoms with van der Waals surface area (Å²) in [5.41, 5.74) is 0.758. The first-order valence-electron chi connectivity index (χ1n) is 4.22. The lowest BCUT2D eigenvalue weighted by Crippen LogP contribution is -2.06. The van der Waals surface area contributed by atoms with Crippen LogP contribution in [-0.4, -0.2) is 6.10 Å². The molecular weight excluding hydrogens is 167 g/mol. The summed E-state index contributed by atoms with van der Waals surface area (Å²) in [6.45, 7) is 7.28. The van der Waals surface area contributed by atoms with E-state index >= 15 is 0 Å². The summed E-state index contributed by atoms with van der Waals surface area (Å²) in [6.07, 6.45) is 1.59. The molecule has 0 N–H and O–H groups in total. The summed E-state index contributed by atoms with van der Waals surface area (Å²) < 4.78 is 18.5. The minimum atomic E-state index is -0.342. The van der Waals surface area contributed by atoms with Crippen LogP contribution in [0.3, 0.4) is 0 Å². The van der Waals surface area contributed by atoms with Crippen LogP contribution in [0.4, 0.5) is 4.39 Å². The van der Waals surface area contributed by atoms with E-state index in [0.717, 1.165) is 5.56 Å². The molecule has 13 heavy (non-hydrogen) atoms. The minimum absolute atomic E-state index is 0.0101. The average molecular weight is 180 g/mol. The second-order valence-electron chi connectivity index (χ2n) is 3.06. The molecule has 0 aromatic heterocycles. The fourth-order valence-electron chi connectivity index (χ4n) is 0.994. The van der Waals surface area contributed by atoms with E-state index in [4.69, 9.17) is 4.74 Å². The molecule has 0 amide bonds. The largest absolute Gasteiger partial charge is 0.488 e. The number of hydrogen-bond donors (Lipinski definition) is 0. The van der Waals surface area contributed by atoms with Gasteiger partial charge in [0.1, 0.15) is 0 Å². The van der Waals surface area contributed by atoms with Crippen LogP contribution in [0.15, 0.2) is 24.8 Å². The van der Waals surface area contributed by atoms with Crippen LogP contribution >= 0.6 is 0 Å². The molecule has 0 aliphatic carbocycles. The Bertz CT molecular complexity index is 305. The van der Waals surface area contributed by atoms with Crippen LogP contribution in [0.1, 0.15) is 19.4 Å². The maximum absolute atomic E-state index is 13.2. The molecule has 70 valence electrons. The zero-order valence-electron chi connectivity index (χ0n) is 7.88. The molecule has 1 aromatic rings. The van der Waals surface area contributed by atoms with Gasteiger partial charge in [-0.05, 0) is 31.5 Å². The third-order valence-corrected chi connectivity index (χ3v) is 1.55. The Kier molecular flexibility index (Phi) is 3.07. The highest BCUT2D eigenvalue weighted by Crippen LogP contribution is 2.19. The fraction of sp³-hybridized carbons (Fsp3) is 0.273. The number of ether oxygens (including phenoxy) is 1. The molecule has 1 aromatic carbocycles. The molecule has 0 spiro atoms. The topological polar surface area (TPSA) is 9.23 Å². The van der Waals surface area contributed by atoms with Crippen molar-refractivity contribution in [2.75, 3.05) is 0 Å². The van der Waals surface area contributed by atoms with Crippen LogP contribution in [0, 0.1) is 5.82 Å². The predicted molar refractivity (Wildman–Crippen MR) is 52.3 cm³/mol. The first kappa shape index (κ1) is 9.78. The molecule has 0 aliphatic heterocycles. The molecule has 0 aliphatic rings. The van der Waals surface area contributed by atoms with Crippen LogP contribution in [-0.2, 0) is 0 Å². The van der Waals surface area contributed by atoms with Gasteiger partial charge < -0.3 is 4.74 Å². The van der Waals surface area contributed by atoms with Gasteiger partial charge in [0.2, 0.25) is 0 Å². The molecule has 0 saturated carbocycles. The van der Waals surface area contributed by atoms with Crippen LogP contribution in [0.2, 0.25) is 0 Å². The Morgan fingerprint density at radius 1 is 1.46 bits per heavy atom. The maximum atomic E-state index is 13.2. The summed E-state index contributed by atoms with van der Waals surface area (Å²) in [6, 6.07) is 4.80. The van der Waals surface area contributed by atoms with Crippen molar-refractivity contribution < 1.29 is 9.13 Å². The van der Waals surface area contributed by atoms with E-state index in [1.165, 1.54) is 6.07 Å². The highest BCUT2D eigenvalue weighted by Gasteiger charge is 2.04. The van der Waals surface area contributed by atoms with Crippen molar-refractivity contribution in [2.45, 2.75) is 20.0 Å². The monoisotopic (exact) mass is 180 g/mol. The van der Waals surface area contributed by atoms with Crippen molar-refractivity contribution in [3.05, 3.63) is 36.2 Å². The van der Waals surface area contributed by atoms with Gasteiger partial charge in [0.15, 0.2) is 11.6 Å². The number of hydrogen-bond acceptors (Lipinski definition) is 1. The molecule has 1 rings (SSSR count). The van der Waals surface area contributed by atoms with E-state index in [-0.39, 0.29) is 11.9 Å². The summed E-state index contributed by atoms with van der Waals surface area (Å²) >= 11 is 0. The van der Waals surface area contributed by atoms with Gasteiger partial charge in [0.25, 0.3) is 0 Å². The third kappa shape index (κ3) is 2.58. The number of rotatable bonds is 3. The minimum Gasteiger partial charge on any atom is -0.488 e. The number of halogens is 1. The standard InChI is InChI=1S/C11H13FO/c1-4-9-5-6-11(10(12)7-9)13-8(2)3/h4-8H,1H2,2-3H3. The summed E-state index contributed by atoms with van der Waals surface area (Å²) in [4.78, 5) is 0. The second-order valence-corrected chi connectivity index (χ2v) is 3.06. The fourth-order valence-corrected chi connectivity index (χ4v) is 0.994. The third-order valence-electron chi connectivity index (χ3n) is 1.55. The van der Waals surface area contributed by atoms with Gasteiger partial charge >= 0.3 is 0 Å². The zero-order valence-corrected chi connectivity index (χ0v) is 7.88. The molecule has 0 radical (unpaired) electrons. The van der Waals surface area contributed by atoms with Gasteiger partial charge in [0, 0.05) is 0 Å². The van der Waals surface area contributed by atoms with Crippen molar-refractivity contribution in [1.29, 1.82) is 0 Å². The van der Waals surface area contributed by atoms with E-state index in [2.05, 4.69) is 6.58 Å². The first-order chi connectivity index (χ1) is 6.13. The van der Waals surface area contributed by atoms with Gasteiger partial charge in [0.05, 0.1) is 6.10 Å². The van der Waals surface area contributed by atoms with Crippen LogP contribution < -0.4 is 4.74 Å². The maximum Gasteiger partial charge on any atom is 0.165 e.